The van der Waals surface area contributed by atoms with Crippen LogP contribution in [0.3, 0.4) is 0 Å². The predicted molar refractivity (Wildman–Crippen MR) is 97.1 cm³/mol. The van der Waals surface area contributed by atoms with Gasteiger partial charge < -0.3 is 20.9 Å². The lowest BCUT2D eigenvalue weighted by molar-refractivity contribution is -0.839. The molecule has 0 bridgehead atoms. The van der Waals surface area contributed by atoms with Crippen LogP contribution in [0.15, 0.2) is 42.5 Å². The number of aromatic nitrogens is 1. The van der Waals surface area contributed by atoms with Crippen LogP contribution in [0, 0.1) is 5.21 Å². The van der Waals surface area contributed by atoms with Gasteiger partial charge in [-0.25, -0.2) is 4.98 Å². The van der Waals surface area contributed by atoms with Crippen molar-refractivity contribution >= 4 is 33.2 Å². The van der Waals surface area contributed by atoms with Crippen LogP contribution in [0.5, 0.6) is 0 Å². The van der Waals surface area contributed by atoms with Crippen molar-refractivity contribution in [2.45, 2.75) is 6.42 Å². The van der Waals surface area contributed by atoms with Gasteiger partial charge >= 0.3 is 0 Å². The normalized spacial score (nSPS) is 12.0. The van der Waals surface area contributed by atoms with Crippen LogP contribution in [0.2, 0.25) is 0 Å². The third-order valence-electron chi connectivity index (χ3n) is 3.91. The molecule has 120 valence electrons. The van der Waals surface area contributed by atoms with E-state index in [1.807, 2.05) is 42.5 Å². The Morgan fingerprint density at radius 1 is 1.09 bits per heavy atom. The topological polar surface area (TPSA) is 74.0 Å². The van der Waals surface area contributed by atoms with Crippen molar-refractivity contribution in [1.82, 2.24) is 4.98 Å². The number of nitrogens with zero attached hydrogens (tertiary/aromatic N) is 2. The van der Waals surface area contributed by atoms with Crippen molar-refractivity contribution in [3.63, 3.8) is 0 Å². The Balaban J connectivity index is 2.01. The number of nitrogens with one attached hydrogen (secondary N) is 1. The van der Waals surface area contributed by atoms with Crippen LogP contribution in [0.4, 0.5) is 11.4 Å². The summed E-state index contributed by atoms with van der Waals surface area (Å²) in [6.07, 6.45) is 0.793. The second kappa shape index (κ2) is 6.02. The molecule has 1 heterocycles. The third-order valence-corrected chi connectivity index (χ3v) is 3.91. The summed E-state index contributed by atoms with van der Waals surface area (Å²) in [5.74, 6) is 0. The molecule has 3 N–H and O–H groups in total. The van der Waals surface area contributed by atoms with Gasteiger partial charge in [0.15, 0.2) is 0 Å². The molecule has 0 spiro atoms. The summed E-state index contributed by atoms with van der Waals surface area (Å²) in [4.78, 5) is 4.69. The number of fused-ring (bicyclic) bond motifs is 2. The average Bonchev–Trinajstić information content (AvgIpc) is 2.50. The molecule has 0 radical (unpaired) electrons. The van der Waals surface area contributed by atoms with E-state index in [1.165, 1.54) is 0 Å². The molecule has 0 unspecified atom stereocenters. The number of rotatable bonds is 5. The second-order valence-corrected chi connectivity index (χ2v) is 6.32. The Morgan fingerprint density at radius 3 is 2.61 bits per heavy atom. The van der Waals surface area contributed by atoms with Gasteiger partial charge in [0, 0.05) is 29.4 Å². The molecule has 0 aliphatic carbocycles. The monoisotopic (exact) mass is 310 g/mol. The van der Waals surface area contributed by atoms with Crippen LogP contribution >= 0.6 is 0 Å². The van der Waals surface area contributed by atoms with Gasteiger partial charge in [0.25, 0.3) is 0 Å². The summed E-state index contributed by atoms with van der Waals surface area (Å²) in [7, 11) is 3.32. The Kier molecular flexibility index (Phi) is 4.07. The zero-order valence-corrected chi connectivity index (χ0v) is 13.5. The molecule has 0 saturated carbocycles. The summed E-state index contributed by atoms with van der Waals surface area (Å²) in [5.41, 5.74) is 9.72. The number of quaternary nitrogens is 1. The minimum absolute atomic E-state index is 0.276. The van der Waals surface area contributed by atoms with E-state index in [2.05, 4.69) is 5.32 Å². The number of nitrogen functional groups attached to an aromatic ring is 1. The van der Waals surface area contributed by atoms with Gasteiger partial charge in [0.1, 0.15) is 0 Å². The maximum Gasteiger partial charge on any atom is 0.0796 e. The maximum absolute atomic E-state index is 11.7. The Labute approximate surface area is 135 Å². The van der Waals surface area contributed by atoms with Gasteiger partial charge in [-0.1, -0.05) is 24.3 Å². The van der Waals surface area contributed by atoms with Crippen LogP contribution in [-0.2, 0) is 0 Å². The van der Waals surface area contributed by atoms with Crippen LogP contribution in [0.25, 0.3) is 21.8 Å². The number of hydroxylamine groups is 3. The van der Waals surface area contributed by atoms with Crippen LogP contribution < -0.4 is 11.1 Å². The van der Waals surface area contributed by atoms with E-state index >= 15 is 0 Å². The average molecular weight is 310 g/mol. The molecule has 0 amide bonds. The Bertz CT molecular complexity index is 839. The molecular formula is C18H22N4O. The fraction of sp³-hybridized carbons (Fsp3) is 0.278. The highest BCUT2D eigenvalue weighted by Gasteiger charge is 2.11. The van der Waals surface area contributed by atoms with E-state index in [4.69, 9.17) is 10.7 Å². The van der Waals surface area contributed by atoms with Crippen LogP contribution in [0.1, 0.15) is 6.42 Å². The molecule has 5 nitrogen and oxygen atoms in total. The number of pyridine rings is 1. The third kappa shape index (κ3) is 3.36. The largest absolute Gasteiger partial charge is 0.633 e. The van der Waals surface area contributed by atoms with Crippen molar-refractivity contribution < 1.29 is 4.65 Å². The van der Waals surface area contributed by atoms with Crippen molar-refractivity contribution in [2.24, 2.45) is 0 Å². The van der Waals surface area contributed by atoms with E-state index in [9.17, 15) is 5.21 Å². The molecule has 23 heavy (non-hydrogen) atoms. The van der Waals surface area contributed by atoms with E-state index in [0.29, 0.717) is 12.2 Å². The predicted octanol–water partition coefficient (Wildman–Crippen LogP) is 3.35. The van der Waals surface area contributed by atoms with Crippen LogP contribution in [-0.4, -0.2) is 36.8 Å². The molecule has 3 aromatic rings. The molecular weight excluding hydrogens is 288 g/mol. The highest BCUT2D eigenvalue weighted by molar-refractivity contribution is 6.11. The summed E-state index contributed by atoms with van der Waals surface area (Å²) in [6, 6.07) is 13.8. The summed E-state index contributed by atoms with van der Waals surface area (Å²) in [6.45, 7) is 1.30. The van der Waals surface area contributed by atoms with Gasteiger partial charge in [-0.05, 0) is 18.2 Å². The van der Waals surface area contributed by atoms with Crippen molar-refractivity contribution in [2.75, 3.05) is 38.2 Å². The van der Waals surface area contributed by atoms with Gasteiger partial charge in [-0.15, -0.1) is 0 Å². The first kappa shape index (κ1) is 15.5. The Hall–Kier alpha value is -2.37. The molecule has 1 aromatic heterocycles. The summed E-state index contributed by atoms with van der Waals surface area (Å²) >= 11 is 0. The van der Waals surface area contributed by atoms with Gasteiger partial charge in [-0.3, -0.25) is 0 Å². The van der Waals surface area contributed by atoms with E-state index in [1.54, 1.807) is 14.1 Å². The van der Waals surface area contributed by atoms with E-state index < -0.39 is 0 Å². The first-order valence-corrected chi connectivity index (χ1v) is 7.80. The highest BCUT2D eigenvalue weighted by Crippen LogP contribution is 2.34. The fourth-order valence-corrected chi connectivity index (χ4v) is 2.83. The zero-order chi connectivity index (χ0) is 16.4. The lowest BCUT2D eigenvalue weighted by Gasteiger charge is -2.33. The van der Waals surface area contributed by atoms with Gasteiger partial charge in [0.2, 0.25) is 0 Å². The number of hydrogen-bond donors (Lipinski definition) is 2. The quantitative estimate of drug-likeness (QED) is 0.249. The molecule has 2 aromatic carbocycles. The smallest absolute Gasteiger partial charge is 0.0796 e. The van der Waals surface area contributed by atoms with Gasteiger partial charge in [-0.2, -0.15) is 0 Å². The molecule has 0 saturated heterocycles. The van der Waals surface area contributed by atoms with Crippen molar-refractivity contribution in [1.29, 1.82) is 0 Å². The molecule has 0 aliphatic heterocycles. The number of nitrogens with two attached hydrogens (primary N) is 1. The Morgan fingerprint density at radius 2 is 1.83 bits per heavy atom. The van der Waals surface area contributed by atoms with Crippen molar-refractivity contribution in [3.05, 3.63) is 47.7 Å². The van der Waals surface area contributed by atoms with E-state index in [0.717, 1.165) is 40.5 Å². The molecule has 3 rings (SSSR count). The molecule has 5 heteroatoms. The zero-order valence-electron chi connectivity index (χ0n) is 13.5. The lowest BCUT2D eigenvalue weighted by Crippen LogP contribution is -2.34. The lowest BCUT2D eigenvalue weighted by atomic mass is 10.1. The first-order valence-electron chi connectivity index (χ1n) is 7.80. The molecule has 0 aliphatic rings. The SMILES string of the molecule is C[N+](C)([O-])CCCNc1c2ccccc2nc2cccc(N)c12. The number of hydrogen-bond acceptors (Lipinski definition) is 4. The first-order chi connectivity index (χ1) is 11.0. The summed E-state index contributed by atoms with van der Waals surface area (Å²) in [5, 5.41) is 17.1. The second-order valence-electron chi connectivity index (χ2n) is 6.32. The van der Waals surface area contributed by atoms with Crippen molar-refractivity contribution in [3.8, 4) is 0 Å². The van der Waals surface area contributed by atoms with Gasteiger partial charge in [0.05, 0.1) is 37.4 Å². The molecule has 0 fully saturated rings. The number of benzene rings is 2. The standard InChI is InChI=1S/C18H22N4O/c1-22(2,23)12-6-11-20-18-13-7-3-4-9-15(13)21-16-10-5-8-14(19)17(16)18/h3-5,7-10H,6,11-12,19H2,1-2H3,(H,20,21). The number of para-hydroxylation sites is 1. The molecule has 0 atom stereocenters. The minimum Gasteiger partial charge on any atom is -0.633 e. The van der Waals surface area contributed by atoms with E-state index in [-0.39, 0.29) is 4.65 Å². The minimum atomic E-state index is -0.276. The number of anilines is 2. The fourth-order valence-electron chi connectivity index (χ4n) is 2.83. The maximum atomic E-state index is 11.7. The summed E-state index contributed by atoms with van der Waals surface area (Å²) < 4.78 is -0.276. The highest BCUT2D eigenvalue weighted by atomic mass is 16.5.